The van der Waals surface area contributed by atoms with Crippen molar-refractivity contribution in [3.63, 3.8) is 0 Å². The fraction of sp³-hybridized carbons (Fsp3) is 0.600. The van der Waals surface area contributed by atoms with Gasteiger partial charge in [0.05, 0.1) is 17.7 Å². The second-order valence-corrected chi connectivity index (χ2v) is 5.17. The molecule has 1 aromatic rings. The molecule has 1 fully saturated rings. The minimum atomic E-state index is 0.00218. The molecule has 1 saturated heterocycles. The van der Waals surface area contributed by atoms with E-state index in [0.717, 1.165) is 5.33 Å². The number of aromatic nitrogens is 1. The number of morpholine rings is 1. The lowest BCUT2D eigenvalue weighted by molar-refractivity contribution is -0.0560. The van der Waals surface area contributed by atoms with Crippen LogP contribution in [0.15, 0.2) is 10.9 Å². The van der Waals surface area contributed by atoms with Gasteiger partial charge < -0.3 is 9.64 Å². The van der Waals surface area contributed by atoms with Gasteiger partial charge in [-0.25, -0.2) is 4.98 Å². The lowest BCUT2D eigenvalue weighted by atomic mass is 10.2. The minimum absolute atomic E-state index is 0.00218. The fourth-order valence-corrected chi connectivity index (χ4v) is 2.66. The highest BCUT2D eigenvalue weighted by molar-refractivity contribution is 9.09. The highest BCUT2D eigenvalue weighted by Crippen LogP contribution is 2.15. The van der Waals surface area contributed by atoms with E-state index in [0.29, 0.717) is 18.8 Å². The van der Waals surface area contributed by atoms with Crippen molar-refractivity contribution in [1.82, 2.24) is 9.88 Å². The summed E-state index contributed by atoms with van der Waals surface area (Å²) in [6.45, 7) is 3.25. The van der Waals surface area contributed by atoms with Crippen molar-refractivity contribution in [2.24, 2.45) is 0 Å². The van der Waals surface area contributed by atoms with Gasteiger partial charge in [-0.3, -0.25) is 4.79 Å². The minimum Gasteiger partial charge on any atom is -0.371 e. The number of hydrogen-bond donors (Lipinski definition) is 0. The molecule has 16 heavy (non-hydrogen) atoms. The Kier molecular flexibility index (Phi) is 3.94. The van der Waals surface area contributed by atoms with Crippen LogP contribution >= 0.6 is 27.3 Å². The molecule has 2 atom stereocenters. The predicted molar refractivity (Wildman–Crippen MR) is 66.1 cm³/mol. The summed E-state index contributed by atoms with van der Waals surface area (Å²) in [5.41, 5.74) is 2.21. The van der Waals surface area contributed by atoms with E-state index in [9.17, 15) is 4.79 Å². The number of halogens is 1. The number of carbonyl (C=O) groups excluding carboxylic acids is 1. The van der Waals surface area contributed by atoms with Crippen molar-refractivity contribution in [2.45, 2.75) is 19.1 Å². The average molecular weight is 305 g/mol. The molecular formula is C10H13BrN2O2S. The zero-order valence-electron chi connectivity index (χ0n) is 8.93. The largest absolute Gasteiger partial charge is 0.371 e. The molecule has 2 rings (SSSR count). The molecule has 0 radical (unpaired) electrons. The molecule has 1 amide bonds. The summed E-state index contributed by atoms with van der Waals surface area (Å²) in [6, 6.07) is 0. The molecule has 0 bridgehead atoms. The van der Waals surface area contributed by atoms with E-state index < -0.39 is 0 Å². The van der Waals surface area contributed by atoms with Crippen LogP contribution in [0.4, 0.5) is 0 Å². The van der Waals surface area contributed by atoms with Crippen molar-refractivity contribution < 1.29 is 9.53 Å². The zero-order chi connectivity index (χ0) is 11.5. The lowest BCUT2D eigenvalue weighted by Crippen LogP contribution is -2.49. The molecule has 0 N–H and O–H groups in total. The maximum atomic E-state index is 12.1. The third-order valence-electron chi connectivity index (χ3n) is 2.44. The Morgan fingerprint density at radius 2 is 2.56 bits per heavy atom. The maximum absolute atomic E-state index is 12.1. The summed E-state index contributed by atoms with van der Waals surface area (Å²) >= 11 is 4.83. The monoisotopic (exact) mass is 304 g/mol. The van der Waals surface area contributed by atoms with Gasteiger partial charge in [0, 0.05) is 23.8 Å². The van der Waals surface area contributed by atoms with Crippen molar-refractivity contribution >= 4 is 33.2 Å². The van der Waals surface area contributed by atoms with Crippen molar-refractivity contribution in [3.05, 3.63) is 16.6 Å². The third-order valence-corrected chi connectivity index (χ3v) is 3.75. The smallest absolute Gasteiger partial charge is 0.273 e. The fourth-order valence-electron chi connectivity index (χ4n) is 1.78. The van der Waals surface area contributed by atoms with Gasteiger partial charge >= 0.3 is 0 Å². The van der Waals surface area contributed by atoms with Crippen molar-refractivity contribution in [2.75, 3.05) is 18.4 Å². The van der Waals surface area contributed by atoms with E-state index in [2.05, 4.69) is 20.9 Å². The number of rotatable bonds is 2. The second-order valence-electron chi connectivity index (χ2n) is 3.81. The number of nitrogens with zero attached hydrogens (tertiary/aromatic N) is 2. The van der Waals surface area contributed by atoms with E-state index >= 15 is 0 Å². The van der Waals surface area contributed by atoms with E-state index in [1.807, 2.05) is 11.8 Å². The van der Waals surface area contributed by atoms with Crippen LogP contribution in [0.5, 0.6) is 0 Å². The van der Waals surface area contributed by atoms with Gasteiger partial charge in [0.2, 0.25) is 0 Å². The first-order valence-corrected chi connectivity index (χ1v) is 7.16. The Bertz CT molecular complexity index is 358. The summed E-state index contributed by atoms with van der Waals surface area (Å²) in [6.07, 6.45) is 0.158. The summed E-state index contributed by atoms with van der Waals surface area (Å²) in [4.78, 5) is 17.9. The summed E-state index contributed by atoms with van der Waals surface area (Å²) in [5.74, 6) is 0.00218. The van der Waals surface area contributed by atoms with Crippen LogP contribution in [0.2, 0.25) is 0 Å². The number of hydrogen-bond acceptors (Lipinski definition) is 4. The van der Waals surface area contributed by atoms with Crippen LogP contribution in [-0.4, -0.2) is 46.4 Å². The molecule has 88 valence electrons. The Morgan fingerprint density at radius 1 is 1.75 bits per heavy atom. The van der Waals surface area contributed by atoms with Crippen molar-refractivity contribution in [3.8, 4) is 0 Å². The second kappa shape index (κ2) is 5.25. The molecule has 1 aliphatic heterocycles. The summed E-state index contributed by atoms with van der Waals surface area (Å²) in [7, 11) is 0. The van der Waals surface area contributed by atoms with Crippen LogP contribution < -0.4 is 0 Å². The average Bonchev–Trinajstić information content (AvgIpc) is 2.80. The molecule has 1 aliphatic rings. The molecule has 0 spiro atoms. The van der Waals surface area contributed by atoms with Crippen LogP contribution in [-0.2, 0) is 4.74 Å². The van der Waals surface area contributed by atoms with Crippen LogP contribution in [0.1, 0.15) is 17.4 Å². The van der Waals surface area contributed by atoms with Gasteiger partial charge in [-0.2, -0.15) is 0 Å². The lowest BCUT2D eigenvalue weighted by Gasteiger charge is -2.35. The molecule has 0 aliphatic carbocycles. The molecule has 6 heteroatoms. The van der Waals surface area contributed by atoms with Crippen molar-refractivity contribution in [1.29, 1.82) is 0 Å². The van der Waals surface area contributed by atoms with Gasteiger partial charge in [0.25, 0.3) is 5.91 Å². The van der Waals surface area contributed by atoms with Crippen LogP contribution in [0.25, 0.3) is 0 Å². The molecule has 1 aromatic heterocycles. The highest BCUT2D eigenvalue weighted by Gasteiger charge is 2.28. The van der Waals surface area contributed by atoms with E-state index in [1.54, 1.807) is 10.9 Å². The van der Waals surface area contributed by atoms with Crippen LogP contribution in [0, 0.1) is 0 Å². The summed E-state index contributed by atoms with van der Waals surface area (Å²) in [5, 5.41) is 2.53. The molecule has 0 saturated carbocycles. The third kappa shape index (κ3) is 2.61. The Balaban J connectivity index is 2.06. The zero-order valence-corrected chi connectivity index (χ0v) is 11.3. The van der Waals surface area contributed by atoms with E-state index in [1.165, 1.54) is 11.3 Å². The topological polar surface area (TPSA) is 42.4 Å². The predicted octanol–water partition coefficient (Wildman–Crippen LogP) is 1.77. The normalized spacial score (nSPS) is 25.8. The van der Waals surface area contributed by atoms with Crippen LogP contribution in [0.3, 0.4) is 0 Å². The first-order chi connectivity index (χ1) is 7.70. The first-order valence-electron chi connectivity index (χ1n) is 5.09. The maximum Gasteiger partial charge on any atom is 0.273 e. The number of thiazole rings is 1. The molecule has 0 aromatic carbocycles. The van der Waals surface area contributed by atoms with Gasteiger partial charge in [0.15, 0.2) is 0 Å². The van der Waals surface area contributed by atoms with Gasteiger partial charge in [-0.1, -0.05) is 15.9 Å². The Labute approximate surface area is 107 Å². The SMILES string of the molecule is CC1CN(C(=O)c2cscn2)CC(CBr)O1. The van der Waals surface area contributed by atoms with Gasteiger partial charge in [0.1, 0.15) is 5.69 Å². The standard InChI is InChI=1S/C10H13BrN2O2S/c1-7-3-13(4-8(2-11)15-7)10(14)9-5-16-6-12-9/h5-8H,2-4H2,1H3. The van der Waals surface area contributed by atoms with E-state index in [-0.39, 0.29) is 18.1 Å². The Hall–Kier alpha value is -0.460. The first kappa shape index (κ1) is 12.0. The molecular weight excluding hydrogens is 292 g/mol. The Morgan fingerprint density at radius 3 is 3.19 bits per heavy atom. The van der Waals surface area contributed by atoms with E-state index in [4.69, 9.17) is 4.74 Å². The molecule has 2 heterocycles. The molecule has 2 unspecified atom stereocenters. The highest BCUT2D eigenvalue weighted by atomic mass is 79.9. The number of alkyl halides is 1. The van der Waals surface area contributed by atoms with Gasteiger partial charge in [-0.15, -0.1) is 11.3 Å². The summed E-state index contributed by atoms with van der Waals surface area (Å²) < 4.78 is 5.67. The van der Waals surface area contributed by atoms with Gasteiger partial charge in [-0.05, 0) is 6.92 Å². The number of carbonyl (C=O) groups is 1. The quantitative estimate of drug-likeness (QED) is 0.782. The number of ether oxygens (including phenoxy) is 1. The number of amides is 1. The molecule has 4 nitrogen and oxygen atoms in total.